The van der Waals surface area contributed by atoms with E-state index in [1.54, 1.807) is 0 Å². The average molecular weight is 174 g/mol. The Morgan fingerprint density at radius 3 is 2.17 bits per heavy atom. The summed E-state index contributed by atoms with van der Waals surface area (Å²) in [5.41, 5.74) is -0.183. The first-order valence-electron chi connectivity index (χ1n) is 4.72. The van der Waals surface area contributed by atoms with E-state index in [0.717, 1.165) is 12.3 Å². The fraction of sp³-hybridized carbons (Fsp3) is 1.00. The van der Waals surface area contributed by atoms with Crippen molar-refractivity contribution in [3.8, 4) is 0 Å². The molecule has 0 unspecified atom stereocenters. The van der Waals surface area contributed by atoms with Crippen molar-refractivity contribution in [2.45, 2.75) is 53.1 Å². The van der Waals surface area contributed by atoms with Gasteiger partial charge in [-0.15, -0.1) is 0 Å². The third-order valence-electron chi connectivity index (χ3n) is 1.32. The summed E-state index contributed by atoms with van der Waals surface area (Å²) in [5.74, 6) is 0.753. The summed E-state index contributed by atoms with van der Waals surface area (Å²) < 4.78 is 0. The lowest BCUT2D eigenvalue weighted by Gasteiger charge is -2.17. The van der Waals surface area contributed by atoms with Crippen LogP contribution in [0.1, 0.15) is 47.5 Å². The smallest absolute Gasteiger partial charge is 0.0952 e. The van der Waals surface area contributed by atoms with Crippen LogP contribution in [0.3, 0.4) is 0 Å². The Balaban J connectivity index is 3.12. The molecule has 0 atom stereocenters. The summed E-state index contributed by atoms with van der Waals surface area (Å²) in [6.07, 6.45) is 2.28. The van der Waals surface area contributed by atoms with E-state index in [9.17, 15) is 0 Å². The van der Waals surface area contributed by atoms with Gasteiger partial charge in [-0.1, -0.05) is 13.8 Å². The second-order valence-electron chi connectivity index (χ2n) is 4.55. The van der Waals surface area contributed by atoms with E-state index in [1.807, 2.05) is 20.8 Å². The Hall–Kier alpha value is -0.0800. The van der Waals surface area contributed by atoms with Crippen molar-refractivity contribution in [1.82, 2.24) is 0 Å². The van der Waals surface area contributed by atoms with Gasteiger partial charge in [-0.05, 0) is 39.5 Å². The Bertz CT molecular complexity index is 103. The SMILES string of the molecule is CC(C)CCCOOC(C)(C)C. The van der Waals surface area contributed by atoms with E-state index in [2.05, 4.69) is 13.8 Å². The zero-order valence-corrected chi connectivity index (χ0v) is 9.02. The molecule has 0 rings (SSSR count). The van der Waals surface area contributed by atoms with Crippen molar-refractivity contribution in [2.24, 2.45) is 5.92 Å². The van der Waals surface area contributed by atoms with Crippen LogP contribution in [-0.4, -0.2) is 12.2 Å². The van der Waals surface area contributed by atoms with Crippen LogP contribution in [-0.2, 0) is 9.78 Å². The maximum Gasteiger partial charge on any atom is 0.0952 e. The summed E-state index contributed by atoms with van der Waals surface area (Å²) in [6, 6.07) is 0. The van der Waals surface area contributed by atoms with Crippen LogP contribution in [0, 0.1) is 5.92 Å². The Morgan fingerprint density at radius 2 is 1.75 bits per heavy atom. The first kappa shape index (κ1) is 11.9. The van der Waals surface area contributed by atoms with Crippen LogP contribution in [0.25, 0.3) is 0 Å². The van der Waals surface area contributed by atoms with E-state index in [4.69, 9.17) is 9.78 Å². The minimum Gasteiger partial charge on any atom is -0.236 e. The second-order valence-corrected chi connectivity index (χ2v) is 4.55. The summed E-state index contributed by atoms with van der Waals surface area (Å²) >= 11 is 0. The minimum atomic E-state index is -0.183. The van der Waals surface area contributed by atoms with Crippen molar-refractivity contribution in [2.75, 3.05) is 6.61 Å². The molecule has 0 aliphatic heterocycles. The van der Waals surface area contributed by atoms with E-state index >= 15 is 0 Å². The first-order chi connectivity index (χ1) is 5.42. The van der Waals surface area contributed by atoms with Gasteiger partial charge in [0.25, 0.3) is 0 Å². The van der Waals surface area contributed by atoms with Gasteiger partial charge in [-0.3, -0.25) is 0 Å². The van der Waals surface area contributed by atoms with Crippen LogP contribution in [0.2, 0.25) is 0 Å². The van der Waals surface area contributed by atoms with Crippen molar-refractivity contribution in [3.63, 3.8) is 0 Å². The van der Waals surface area contributed by atoms with Gasteiger partial charge < -0.3 is 0 Å². The van der Waals surface area contributed by atoms with Crippen LogP contribution >= 0.6 is 0 Å². The minimum absolute atomic E-state index is 0.183. The molecule has 0 saturated carbocycles. The highest BCUT2D eigenvalue weighted by Crippen LogP contribution is 2.08. The number of hydrogen-bond acceptors (Lipinski definition) is 2. The lowest BCUT2D eigenvalue weighted by Crippen LogP contribution is -2.19. The number of hydrogen-bond donors (Lipinski definition) is 0. The molecule has 2 nitrogen and oxygen atoms in total. The van der Waals surface area contributed by atoms with E-state index in [1.165, 1.54) is 6.42 Å². The maximum absolute atomic E-state index is 5.11. The van der Waals surface area contributed by atoms with Crippen molar-refractivity contribution >= 4 is 0 Å². The molecule has 0 aromatic heterocycles. The fourth-order valence-electron chi connectivity index (χ4n) is 0.769. The predicted molar refractivity (Wildman–Crippen MR) is 50.9 cm³/mol. The molecule has 0 aliphatic rings. The van der Waals surface area contributed by atoms with Gasteiger partial charge in [0.1, 0.15) is 0 Å². The van der Waals surface area contributed by atoms with Gasteiger partial charge in [0.15, 0.2) is 0 Å². The molecular formula is C10H22O2. The van der Waals surface area contributed by atoms with Crippen molar-refractivity contribution < 1.29 is 9.78 Å². The third-order valence-corrected chi connectivity index (χ3v) is 1.32. The quantitative estimate of drug-likeness (QED) is 0.362. The normalized spacial score (nSPS) is 12.5. The third kappa shape index (κ3) is 9.92. The van der Waals surface area contributed by atoms with Gasteiger partial charge in [-0.25, -0.2) is 9.78 Å². The van der Waals surface area contributed by atoms with Gasteiger partial charge >= 0.3 is 0 Å². The maximum atomic E-state index is 5.11. The highest BCUT2D eigenvalue weighted by Gasteiger charge is 2.10. The van der Waals surface area contributed by atoms with Crippen LogP contribution in [0.15, 0.2) is 0 Å². The van der Waals surface area contributed by atoms with Gasteiger partial charge in [0.2, 0.25) is 0 Å². The van der Waals surface area contributed by atoms with Crippen LogP contribution < -0.4 is 0 Å². The molecule has 0 aromatic carbocycles. The molecule has 0 aliphatic carbocycles. The lowest BCUT2D eigenvalue weighted by atomic mass is 10.1. The first-order valence-corrected chi connectivity index (χ1v) is 4.72. The molecule has 0 saturated heterocycles. The van der Waals surface area contributed by atoms with E-state index < -0.39 is 0 Å². The van der Waals surface area contributed by atoms with Crippen LogP contribution in [0.5, 0.6) is 0 Å². The summed E-state index contributed by atoms with van der Waals surface area (Å²) in [5, 5.41) is 0. The van der Waals surface area contributed by atoms with Gasteiger partial charge in [0.05, 0.1) is 12.2 Å². The van der Waals surface area contributed by atoms with Crippen molar-refractivity contribution in [3.05, 3.63) is 0 Å². The zero-order valence-electron chi connectivity index (χ0n) is 9.02. The summed E-state index contributed by atoms with van der Waals surface area (Å²) in [6.45, 7) is 11.1. The topological polar surface area (TPSA) is 18.5 Å². The van der Waals surface area contributed by atoms with E-state index in [0.29, 0.717) is 6.61 Å². The monoisotopic (exact) mass is 174 g/mol. The molecule has 0 spiro atoms. The molecule has 0 amide bonds. The molecule has 0 N–H and O–H groups in total. The van der Waals surface area contributed by atoms with Crippen molar-refractivity contribution in [1.29, 1.82) is 0 Å². The molecule has 12 heavy (non-hydrogen) atoms. The average Bonchev–Trinajstić information content (AvgIpc) is 1.83. The zero-order chi connectivity index (χ0) is 9.61. The molecule has 74 valence electrons. The van der Waals surface area contributed by atoms with Crippen LogP contribution in [0.4, 0.5) is 0 Å². The highest BCUT2D eigenvalue weighted by molar-refractivity contribution is 4.54. The Morgan fingerprint density at radius 1 is 1.17 bits per heavy atom. The Kier molecular flexibility index (Phi) is 5.51. The highest BCUT2D eigenvalue weighted by atomic mass is 17.2. The standard InChI is InChI=1S/C10H22O2/c1-9(2)7-6-8-11-12-10(3,4)5/h9H,6-8H2,1-5H3. The molecule has 0 fully saturated rings. The largest absolute Gasteiger partial charge is 0.236 e. The lowest BCUT2D eigenvalue weighted by molar-refractivity contribution is -0.348. The molecule has 0 radical (unpaired) electrons. The number of rotatable bonds is 5. The Labute approximate surface area is 76.2 Å². The molecule has 0 bridgehead atoms. The van der Waals surface area contributed by atoms with E-state index in [-0.39, 0.29) is 5.60 Å². The molecule has 0 heterocycles. The predicted octanol–water partition coefficient (Wildman–Crippen LogP) is 3.17. The second kappa shape index (κ2) is 5.55. The van der Waals surface area contributed by atoms with Gasteiger partial charge in [0, 0.05) is 0 Å². The summed E-state index contributed by atoms with van der Waals surface area (Å²) in [7, 11) is 0. The van der Waals surface area contributed by atoms with Gasteiger partial charge in [-0.2, -0.15) is 0 Å². The molecule has 2 heteroatoms. The summed E-state index contributed by atoms with van der Waals surface area (Å²) in [4.78, 5) is 10.2. The molecular weight excluding hydrogens is 152 g/mol. The molecule has 0 aromatic rings. The fourth-order valence-corrected chi connectivity index (χ4v) is 0.769.